The standard InChI is InChI=1S/C27H27N3/c1-17-5-6-20(12-23(17)16-29)22-8-10-27-25(14-22)24-13-21(7-9-26(24)30-27)19-4-2-3-18(11-19)15-28/h2-4,6-14,17,30H,5,15-16,28-29H2,1H3. The lowest BCUT2D eigenvalue weighted by Crippen LogP contribution is -2.13. The van der Waals surface area contributed by atoms with Crippen molar-refractivity contribution in [2.75, 3.05) is 6.54 Å². The SMILES string of the molecule is CC1CC=C(c2ccc3[nH]c4ccc(-c5cccc(CN)c5)cc4c3c2)C=C1CN. The second-order valence-electron chi connectivity index (χ2n) is 8.27. The van der Waals surface area contributed by atoms with Gasteiger partial charge in [0, 0.05) is 34.9 Å². The van der Waals surface area contributed by atoms with E-state index in [1.54, 1.807) is 0 Å². The summed E-state index contributed by atoms with van der Waals surface area (Å²) in [5, 5.41) is 2.50. The van der Waals surface area contributed by atoms with Crippen molar-refractivity contribution in [1.29, 1.82) is 0 Å². The Kier molecular flexibility index (Phi) is 4.78. The molecule has 1 atom stereocenters. The second kappa shape index (κ2) is 7.60. The van der Waals surface area contributed by atoms with Gasteiger partial charge in [0.1, 0.15) is 0 Å². The molecule has 150 valence electrons. The minimum atomic E-state index is 0.530. The monoisotopic (exact) mass is 393 g/mol. The highest BCUT2D eigenvalue weighted by Crippen LogP contribution is 2.34. The fourth-order valence-electron chi connectivity index (χ4n) is 4.45. The molecular weight excluding hydrogens is 366 g/mol. The molecule has 3 aromatic carbocycles. The quantitative estimate of drug-likeness (QED) is 0.413. The van der Waals surface area contributed by atoms with Gasteiger partial charge < -0.3 is 16.5 Å². The molecule has 0 fully saturated rings. The average molecular weight is 394 g/mol. The Labute approximate surface area is 177 Å². The van der Waals surface area contributed by atoms with E-state index in [9.17, 15) is 0 Å². The molecule has 1 aliphatic rings. The van der Waals surface area contributed by atoms with Crippen LogP contribution in [0.2, 0.25) is 0 Å². The fourth-order valence-corrected chi connectivity index (χ4v) is 4.45. The molecule has 3 heteroatoms. The zero-order valence-electron chi connectivity index (χ0n) is 17.3. The van der Waals surface area contributed by atoms with Crippen LogP contribution in [0, 0.1) is 5.92 Å². The molecule has 0 amide bonds. The molecule has 5 N–H and O–H groups in total. The first kappa shape index (κ1) is 18.9. The highest BCUT2D eigenvalue weighted by molar-refractivity contribution is 6.09. The van der Waals surface area contributed by atoms with Crippen molar-refractivity contribution in [2.24, 2.45) is 17.4 Å². The maximum absolute atomic E-state index is 5.97. The Morgan fingerprint density at radius 2 is 1.53 bits per heavy atom. The molecular formula is C27H27N3. The van der Waals surface area contributed by atoms with E-state index in [1.165, 1.54) is 38.6 Å². The van der Waals surface area contributed by atoms with Crippen molar-refractivity contribution in [3.63, 3.8) is 0 Å². The molecule has 1 heterocycles. The maximum atomic E-state index is 5.97. The fraction of sp³-hybridized carbons (Fsp3) is 0.185. The van der Waals surface area contributed by atoms with Gasteiger partial charge in [-0.05, 0) is 70.5 Å². The topological polar surface area (TPSA) is 67.8 Å². The number of benzene rings is 3. The van der Waals surface area contributed by atoms with Crippen molar-refractivity contribution >= 4 is 27.4 Å². The third-order valence-corrected chi connectivity index (χ3v) is 6.33. The lowest BCUT2D eigenvalue weighted by Gasteiger charge is -2.19. The Hall–Kier alpha value is -3.14. The number of hydrogen-bond donors (Lipinski definition) is 3. The molecule has 0 spiro atoms. The van der Waals surface area contributed by atoms with Crippen LogP contribution in [-0.2, 0) is 6.54 Å². The minimum Gasteiger partial charge on any atom is -0.355 e. The Bertz CT molecular complexity index is 1310. The third-order valence-electron chi connectivity index (χ3n) is 6.33. The van der Waals surface area contributed by atoms with Crippen LogP contribution < -0.4 is 11.5 Å². The van der Waals surface area contributed by atoms with Gasteiger partial charge in [0.25, 0.3) is 0 Å². The second-order valence-corrected chi connectivity index (χ2v) is 8.27. The summed E-state index contributed by atoms with van der Waals surface area (Å²) in [6.07, 6.45) is 5.66. The number of aromatic amines is 1. The molecule has 1 aliphatic carbocycles. The van der Waals surface area contributed by atoms with Crippen LogP contribution in [0.15, 0.2) is 78.4 Å². The Balaban J connectivity index is 1.62. The maximum Gasteiger partial charge on any atom is 0.0465 e. The van der Waals surface area contributed by atoms with Crippen molar-refractivity contribution < 1.29 is 0 Å². The molecule has 0 saturated carbocycles. The molecule has 1 aromatic heterocycles. The number of allylic oxidation sites excluding steroid dienone is 3. The molecule has 0 saturated heterocycles. The van der Waals surface area contributed by atoms with Gasteiger partial charge in [-0.15, -0.1) is 0 Å². The van der Waals surface area contributed by atoms with E-state index in [0.717, 1.165) is 23.0 Å². The third kappa shape index (κ3) is 3.26. The summed E-state index contributed by atoms with van der Waals surface area (Å²) in [7, 11) is 0. The van der Waals surface area contributed by atoms with Crippen molar-refractivity contribution in [3.8, 4) is 11.1 Å². The van der Waals surface area contributed by atoms with Crippen LogP contribution in [-0.4, -0.2) is 11.5 Å². The number of H-pyrrole nitrogens is 1. The van der Waals surface area contributed by atoms with Crippen LogP contribution in [0.25, 0.3) is 38.5 Å². The van der Waals surface area contributed by atoms with Crippen LogP contribution in [0.4, 0.5) is 0 Å². The van der Waals surface area contributed by atoms with Gasteiger partial charge in [0.2, 0.25) is 0 Å². The van der Waals surface area contributed by atoms with Crippen LogP contribution in [0.5, 0.6) is 0 Å². The van der Waals surface area contributed by atoms with Gasteiger partial charge in [-0.1, -0.05) is 55.0 Å². The zero-order valence-corrected chi connectivity index (χ0v) is 17.3. The van der Waals surface area contributed by atoms with E-state index in [0.29, 0.717) is 19.0 Å². The highest BCUT2D eigenvalue weighted by Gasteiger charge is 2.14. The summed E-state index contributed by atoms with van der Waals surface area (Å²) in [4.78, 5) is 3.56. The van der Waals surface area contributed by atoms with Crippen LogP contribution in [0.1, 0.15) is 24.5 Å². The first-order chi connectivity index (χ1) is 14.7. The zero-order chi connectivity index (χ0) is 20.7. The van der Waals surface area contributed by atoms with Gasteiger partial charge in [-0.2, -0.15) is 0 Å². The normalized spacial score (nSPS) is 16.7. The van der Waals surface area contributed by atoms with Gasteiger partial charge in [-0.3, -0.25) is 0 Å². The van der Waals surface area contributed by atoms with E-state index < -0.39 is 0 Å². The van der Waals surface area contributed by atoms with E-state index in [1.807, 2.05) is 0 Å². The van der Waals surface area contributed by atoms with Crippen molar-refractivity contribution in [3.05, 3.63) is 89.5 Å². The molecule has 4 aromatic rings. The molecule has 0 radical (unpaired) electrons. The van der Waals surface area contributed by atoms with Crippen molar-refractivity contribution in [1.82, 2.24) is 4.98 Å². The largest absolute Gasteiger partial charge is 0.355 e. The van der Waals surface area contributed by atoms with E-state index in [-0.39, 0.29) is 0 Å². The summed E-state index contributed by atoms with van der Waals surface area (Å²) >= 11 is 0. The van der Waals surface area contributed by atoms with E-state index in [2.05, 4.69) is 84.7 Å². The van der Waals surface area contributed by atoms with Crippen molar-refractivity contribution in [2.45, 2.75) is 19.9 Å². The van der Waals surface area contributed by atoms with Gasteiger partial charge in [-0.25, -0.2) is 0 Å². The molecule has 1 unspecified atom stereocenters. The Morgan fingerprint density at radius 3 is 2.27 bits per heavy atom. The predicted molar refractivity (Wildman–Crippen MR) is 128 cm³/mol. The number of nitrogens with two attached hydrogens (primary N) is 2. The number of hydrogen-bond acceptors (Lipinski definition) is 2. The summed E-state index contributed by atoms with van der Waals surface area (Å²) < 4.78 is 0. The summed E-state index contributed by atoms with van der Waals surface area (Å²) in [6, 6.07) is 21.8. The molecule has 0 aliphatic heterocycles. The molecule has 30 heavy (non-hydrogen) atoms. The summed E-state index contributed by atoms with van der Waals surface area (Å²) in [5.41, 5.74) is 21.5. The molecule has 3 nitrogen and oxygen atoms in total. The van der Waals surface area contributed by atoms with Gasteiger partial charge in [0.05, 0.1) is 0 Å². The predicted octanol–water partition coefficient (Wildman–Crippen LogP) is 5.76. The van der Waals surface area contributed by atoms with E-state index >= 15 is 0 Å². The number of aromatic nitrogens is 1. The Morgan fingerprint density at radius 1 is 0.833 bits per heavy atom. The number of fused-ring (bicyclic) bond motifs is 3. The van der Waals surface area contributed by atoms with E-state index in [4.69, 9.17) is 11.5 Å². The first-order valence-electron chi connectivity index (χ1n) is 10.6. The minimum absolute atomic E-state index is 0.530. The lowest BCUT2D eigenvalue weighted by atomic mass is 9.87. The molecule has 5 rings (SSSR count). The van der Waals surface area contributed by atoms with Gasteiger partial charge in [0.15, 0.2) is 0 Å². The number of rotatable bonds is 4. The highest BCUT2D eigenvalue weighted by atomic mass is 14.7. The van der Waals surface area contributed by atoms with Crippen LogP contribution >= 0.6 is 0 Å². The van der Waals surface area contributed by atoms with Crippen LogP contribution in [0.3, 0.4) is 0 Å². The lowest BCUT2D eigenvalue weighted by molar-refractivity contribution is 0.673. The first-order valence-corrected chi connectivity index (χ1v) is 10.6. The van der Waals surface area contributed by atoms with Gasteiger partial charge >= 0.3 is 0 Å². The number of nitrogens with one attached hydrogen (secondary N) is 1. The summed E-state index contributed by atoms with van der Waals surface area (Å²) in [5.74, 6) is 0.530. The smallest absolute Gasteiger partial charge is 0.0465 e. The molecule has 0 bridgehead atoms. The summed E-state index contributed by atoms with van der Waals surface area (Å²) in [6.45, 7) is 3.42. The average Bonchev–Trinajstić information content (AvgIpc) is 3.16.